The van der Waals surface area contributed by atoms with Gasteiger partial charge < -0.3 is 9.53 Å². The van der Waals surface area contributed by atoms with Crippen LogP contribution in [0.4, 0.5) is 0 Å². The van der Waals surface area contributed by atoms with Crippen molar-refractivity contribution in [2.75, 3.05) is 7.11 Å². The number of benzene rings is 2. The van der Waals surface area contributed by atoms with E-state index >= 15 is 0 Å². The number of hydrogen-bond acceptors (Lipinski definition) is 2. The number of ether oxygens (including phenoxy) is 1. The van der Waals surface area contributed by atoms with Crippen molar-refractivity contribution < 1.29 is 9.53 Å². The standard InChI is InChI=1S/C19H20O2/c1-19(15-20,12-11-16-7-4-3-5-8-16)14-17-9-6-10-18(13-17)21-2/h3-13,15H,14H2,1-2H3/b12-11+. The van der Waals surface area contributed by atoms with Gasteiger partial charge in [0.15, 0.2) is 0 Å². The molecule has 0 N–H and O–H groups in total. The zero-order chi connectivity index (χ0) is 15.1. The van der Waals surface area contributed by atoms with Gasteiger partial charge in [-0.1, -0.05) is 54.6 Å². The molecule has 2 heteroatoms. The number of carbonyl (C=O) groups excluding carboxylic acids is 1. The van der Waals surface area contributed by atoms with Gasteiger partial charge >= 0.3 is 0 Å². The fraction of sp³-hybridized carbons (Fsp3) is 0.211. The van der Waals surface area contributed by atoms with E-state index in [1.807, 2.05) is 73.7 Å². The zero-order valence-electron chi connectivity index (χ0n) is 12.5. The van der Waals surface area contributed by atoms with E-state index in [1.165, 1.54) is 0 Å². The maximum absolute atomic E-state index is 11.5. The maximum Gasteiger partial charge on any atom is 0.129 e. The predicted molar refractivity (Wildman–Crippen MR) is 86.3 cm³/mol. The molecular formula is C19H20O2. The highest BCUT2D eigenvalue weighted by Gasteiger charge is 2.20. The Balaban J connectivity index is 2.17. The SMILES string of the molecule is COc1cccc(CC(C)(C=O)/C=C/c2ccccc2)c1. The topological polar surface area (TPSA) is 26.3 Å². The molecule has 2 aromatic rings. The molecule has 2 rings (SSSR count). The van der Waals surface area contributed by atoms with Crippen LogP contribution in [0.15, 0.2) is 60.7 Å². The van der Waals surface area contributed by atoms with Crippen LogP contribution >= 0.6 is 0 Å². The molecule has 108 valence electrons. The fourth-order valence-electron chi connectivity index (χ4n) is 2.21. The molecule has 0 fully saturated rings. The van der Waals surface area contributed by atoms with Gasteiger partial charge in [0, 0.05) is 5.41 Å². The lowest BCUT2D eigenvalue weighted by Crippen LogP contribution is -2.18. The van der Waals surface area contributed by atoms with Crippen LogP contribution in [-0.2, 0) is 11.2 Å². The predicted octanol–water partition coefficient (Wildman–Crippen LogP) is 4.16. The van der Waals surface area contributed by atoms with E-state index in [4.69, 9.17) is 4.74 Å². The Kier molecular flexibility index (Phi) is 4.94. The molecule has 2 nitrogen and oxygen atoms in total. The van der Waals surface area contributed by atoms with Crippen LogP contribution in [0.25, 0.3) is 6.08 Å². The third-order valence-corrected chi connectivity index (χ3v) is 3.44. The van der Waals surface area contributed by atoms with E-state index in [1.54, 1.807) is 7.11 Å². The number of methoxy groups -OCH3 is 1. The minimum absolute atomic E-state index is 0.526. The van der Waals surface area contributed by atoms with E-state index < -0.39 is 5.41 Å². The molecule has 0 spiro atoms. The second kappa shape index (κ2) is 6.89. The molecule has 2 aromatic carbocycles. The molecule has 0 heterocycles. The molecule has 0 amide bonds. The van der Waals surface area contributed by atoms with Crippen molar-refractivity contribution >= 4 is 12.4 Å². The molecular weight excluding hydrogens is 260 g/mol. The van der Waals surface area contributed by atoms with Crippen LogP contribution in [0, 0.1) is 5.41 Å². The van der Waals surface area contributed by atoms with Crippen LogP contribution in [0.3, 0.4) is 0 Å². The van der Waals surface area contributed by atoms with Crippen molar-refractivity contribution in [1.29, 1.82) is 0 Å². The van der Waals surface area contributed by atoms with Gasteiger partial charge in [-0.3, -0.25) is 0 Å². The molecule has 0 bridgehead atoms. The smallest absolute Gasteiger partial charge is 0.129 e. The molecule has 1 unspecified atom stereocenters. The Bertz CT molecular complexity index is 616. The lowest BCUT2D eigenvalue weighted by molar-refractivity contribution is -0.113. The summed E-state index contributed by atoms with van der Waals surface area (Å²) in [6, 6.07) is 17.8. The van der Waals surface area contributed by atoms with E-state index in [0.29, 0.717) is 6.42 Å². The lowest BCUT2D eigenvalue weighted by atomic mass is 9.84. The molecule has 0 aromatic heterocycles. The first-order chi connectivity index (χ1) is 10.1. The molecule has 0 radical (unpaired) electrons. The average Bonchev–Trinajstić information content (AvgIpc) is 2.54. The summed E-state index contributed by atoms with van der Waals surface area (Å²) < 4.78 is 5.23. The van der Waals surface area contributed by atoms with Crippen molar-refractivity contribution in [2.24, 2.45) is 5.41 Å². The minimum atomic E-state index is -0.526. The molecule has 0 aliphatic carbocycles. The summed E-state index contributed by atoms with van der Waals surface area (Å²) in [4.78, 5) is 11.5. The molecule has 21 heavy (non-hydrogen) atoms. The van der Waals surface area contributed by atoms with Gasteiger partial charge in [-0.05, 0) is 36.6 Å². The van der Waals surface area contributed by atoms with Gasteiger partial charge in [0.1, 0.15) is 12.0 Å². The molecule has 0 aliphatic rings. The Labute approximate surface area is 126 Å². The summed E-state index contributed by atoms with van der Waals surface area (Å²) in [7, 11) is 1.65. The van der Waals surface area contributed by atoms with Crippen molar-refractivity contribution in [1.82, 2.24) is 0 Å². The van der Waals surface area contributed by atoms with E-state index in [0.717, 1.165) is 23.2 Å². The summed E-state index contributed by atoms with van der Waals surface area (Å²) >= 11 is 0. The quantitative estimate of drug-likeness (QED) is 0.743. The van der Waals surface area contributed by atoms with Crippen molar-refractivity contribution in [3.63, 3.8) is 0 Å². The maximum atomic E-state index is 11.5. The first kappa shape index (κ1) is 15.0. The van der Waals surface area contributed by atoms with Gasteiger partial charge in [-0.15, -0.1) is 0 Å². The first-order valence-corrected chi connectivity index (χ1v) is 6.99. The zero-order valence-corrected chi connectivity index (χ0v) is 12.5. The molecule has 1 atom stereocenters. The van der Waals surface area contributed by atoms with Crippen LogP contribution in [0.2, 0.25) is 0 Å². The fourth-order valence-corrected chi connectivity index (χ4v) is 2.21. The molecule has 0 aliphatic heterocycles. The Morgan fingerprint density at radius 1 is 1.10 bits per heavy atom. The van der Waals surface area contributed by atoms with Crippen molar-refractivity contribution in [3.05, 3.63) is 71.8 Å². The van der Waals surface area contributed by atoms with Gasteiger partial charge in [-0.25, -0.2) is 0 Å². The average molecular weight is 280 g/mol. The summed E-state index contributed by atoms with van der Waals surface area (Å²) in [6.07, 6.45) is 5.62. The highest BCUT2D eigenvalue weighted by molar-refractivity contribution is 5.66. The third-order valence-electron chi connectivity index (χ3n) is 3.44. The number of rotatable bonds is 6. The number of allylic oxidation sites excluding steroid dienone is 1. The Morgan fingerprint density at radius 3 is 2.52 bits per heavy atom. The van der Waals surface area contributed by atoms with Crippen LogP contribution in [0.5, 0.6) is 5.75 Å². The van der Waals surface area contributed by atoms with Gasteiger partial charge in [0.2, 0.25) is 0 Å². The van der Waals surface area contributed by atoms with Crippen molar-refractivity contribution in [2.45, 2.75) is 13.3 Å². The highest BCUT2D eigenvalue weighted by Crippen LogP contribution is 2.25. The van der Waals surface area contributed by atoms with Crippen molar-refractivity contribution in [3.8, 4) is 5.75 Å². The summed E-state index contributed by atoms with van der Waals surface area (Å²) in [5.74, 6) is 0.813. The largest absolute Gasteiger partial charge is 0.497 e. The van der Waals surface area contributed by atoms with E-state index in [2.05, 4.69) is 0 Å². The minimum Gasteiger partial charge on any atom is -0.497 e. The number of carbonyl (C=O) groups is 1. The lowest BCUT2D eigenvalue weighted by Gasteiger charge is -2.19. The van der Waals surface area contributed by atoms with Gasteiger partial charge in [0.05, 0.1) is 7.11 Å². The van der Waals surface area contributed by atoms with Gasteiger partial charge in [0.25, 0.3) is 0 Å². The van der Waals surface area contributed by atoms with Crippen LogP contribution in [0.1, 0.15) is 18.1 Å². The molecule has 0 saturated carbocycles. The Morgan fingerprint density at radius 2 is 1.86 bits per heavy atom. The second-order valence-electron chi connectivity index (χ2n) is 5.40. The Hall–Kier alpha value is -2.35. The molecule has 0 saturated heterocycles. The van der Waals surface area contributed by atoms with Crippen LogP contribution < -0.4 is 4.74 Å². The summed E-state index contributed by atoms with van der Waals surface area (Å²) in [6.45, 7) is 1.94. The van der Waals surface area contributed by atoms with E-state index in [9.17, 15) is 4.79 Å². The summed E-state index contributed by atoms with van der Waals surface area (Å²) in [5.41, 5.74) is 1.65. The first-order valence-electron chi connectivity index (χ1n) is 6.99. The van der Waals surface area contributed by atoms with Gasteiger partial charge in [-0.2, -0.15) is 0 Å². The normalized spacial score (nSPS) is 13.8. The number of aldehydes is 1. The monoisotopic (exact) mass is 280 g/mol. The summed E-state index contributed by atoms with van der Waals surface area (Å²) in [5, 5.41) is 0. The van der Waals surface area contributed by atoms with Crippen LogP contribution in [-0.4, -0.2) is 13.4 Å². The third kappa shape index (κ3) is 4.32. The second-order valence-corrected chi connectivity index (χ2v) is 5.40. The van der Waals surface area contributed by atoms with E-state index in [-0.39, 0.29) is 0 Å². The number of hydrogen-bond donors (Lipinski definition) is 0. The highest BCUT2D eigenvalue weighted by atomic mass is 16.5.